The third kappa shape index (κ3) is 2.49. The summed E-state index contributed by atoms with van der Waals surface area (Å²) in [5.41, 5.74) is 1.15. The molecule has 3 atom stereocenters. The molecule has 6 heteroatoms. The van der Waals surface area contributed by atoms with Gasteiger partial charge in [0.15, 0.2) is 23.0 Å². The minimum atomic E-state index is -0.583. The Balaban J connectivity index is 2.33. The van der Waals surface area contributed by atoms with Crippen molar-refractivity contribution >= 4 is 21.7 Å². The second kappa shape index (κ2) is 6.57. The van der Waals surface area contributed by atoms with Crippen LogP contribution in [0.25, 0.3) is 0 Å². The summed E-state index contributed by atoms with van der Waals surface area (Å²) in [6, 6.07) is 3.80. The molecule has 0 spiro atoms. The van der Waals surface area contributed by atoms with Crippen molar-refractivity contribution in [3.63, 3.8) is 0 Å². The maximum atomic E-state index is 12.8. The number of phenols is 1. The Hall–Kier alpha value is -1.53. The summed E-state index contributed by atoms with van der Waals surface area (Å²) < 4.78 is 10.2. The van der Waals surface area contributed by atoms with E-state index in [0.29, 0.717) is 11.5 Å². The fraction of sp³-hybridized carbons (Fsp3) is 0.550. The lowest BCUT2D eigenvalue weighted by Gasteiger charge is -2.57. The summed E-state index contributed by atoms with van der Waals surface area (Å²) in [5, 5.41) is 11.0. The van der Waals surface area contributed by atoms with Gasteiger partial charge < -0.3 is 19.5 Å². The van der Waals surface area contributed by atoms with Gasteiger partial charge in [0.1, 0.15) is 0 Å². The molecule has 3 unspecified atom stereocenters. The summed E-state index contributed by atoms with van der Waals surface area (Å²) in [5.74, 6) is 0.881. The molecule has 1 saturated heterocycles. The Labute approximate surface area is 163 Å². The molecular weight excluding hydrogens is 398 g/mol. The van der Waals surface area contributed by atoms with E-state index in [4.69, 9.17) is 9.47 Å². The molecule has 5 nitrogen and oxygen atoms in total. The topological polar surface area (TPSA) is 59.0 Å². The number of likely N-dealkylation sites (tertiary alicyclic amines) is 1. The van der Waals surface area contributed by atoms with Crippen LogP contribution in [0.1, 0.15) is 30.9 Å². The third-order valence-corrected chi connectivity index (χ3v) is 7.89. The van der Waals surface area contributed by atoms with Crippen LogP contribution in [0.15, 0.2) is 24.0 Å². The number of phenolic OH excluding ortho intramolecular Hbond substituents is 1. The molecule has 1 aromatic rings. The lowest BCUT2D eigenvalue weighted by Crippen LogP contribution is -2.65. The number of nitrogens with zero attached hydrogens (tertiary/aromatic N) is 1. The number of alkyl halides is 1. The number of carbonyl (C=O) groups excluding carboxylic acids is 1. The van der Waals surface area contributed by atoms with E-state index < -0.39 is 9.74 Å². The van der Waals surface area contributed by atoms with Gasteiger partial charge in [-0.1, -0.05) is 22.0 Å². The first kappa shape index (κ1) is 19.2. The highest BCUT2D eigenvalue weighted by Crippen LogP contribution is 2.59. The highest BCUT2D eigenvalue weighted by Gasteiger charge is 2.61. The number of carbonyl (C=O) groups is 1. The van der Waals surface area contributed by atoms with Crippen LogP contribution in [-0.4, -0.2) is 54.0 Å². The quantitative estimate of drug-likeness (QED) is 0.755. The summed E-state index contributed by atoms with van der Waals surface area (Å²) in [6.07, 6.45) is 2.91. The lowest BCUT2D eigenvalue weighted by atomic mass is 9.57. The molecule has 142 valence electrons. The number of aromatic hydroxyl groups is 1. The number of allylic oxidation sites excluding steroid dienone is 1. The molecule has 3 rings (SSSR count). The van der Waals surface area contributed by atoms with Crippen LogP contribution >= 0.6 is 15.9 Å². The van der Waals surface area contributed by atoms with E-state index >= 15 is 0 Å². The minimum Gasteiger partial charge on any atom is -0.504 e. The molecule has 0 radical (unpaired) electrons. The molecular formula is C20H26BrNO4. The van der Waals surface area contributed by atoms with Crippen LogP contribution in [0.5, 0.6) is 11.5 Å². The van der Waals surface area contributed by atoms with Gasteiger partial charge in [0, 0.05) is 23.4 Å². The summed E-state index contributed by atoms with van der Waals surface area (Å²) >= 11 is 3.99. The zero-order chi connectivity index (χ0) is 19.3. The van der Waals surface area contributed by atoms with Crippen molar-refractivity contribution in [3.05, 3.63) is 35.1 Å². The average Bonchev–Trinajstić information content (AvgIpc) is 2.61. The van der Waals surface area contributed by atoms with Crippen molar-refractivity contribution < 1.29 is 19.4 Å². The zero-order valence-corrected chi connectivity index (χ0v) is 17.5. The molecule has 0 amide bonds. The van der Waals surface area contributed by atoms with E-state index in [1.807, 2.05) is 19.1 Å². The monoisotopic (exact) mass is 423 g/mol. The van der Waals surface area contributed by atoms with Crippen molar-refractivity contribution in [2.75, 3.05) is 27.8 Å². The molecule has 0 bridgehead atoms. The van der Waals surface area contributed by atoms with E-state index in [2.05, 4.69) is 34.8 Å². The summed E-state index contributed by atoms with van der Waals surface area (Å²) in [4.78, 5) is 15.1. The number of benzene rings is 1. The number of Topliss-reactive ketones (excluding diaryl/α,β-unsaturated/α-hetero) is 1. The van der Waals surface area contributed by atoms with Crippen molar-refractivity contribution in [2.24, 2.45) is 0 Å². The molecule has 0 saturated carbocycles. The molecule has 1 aliphatic carbocycles. The molecule has 26 heavy (non-hydrogen) atoms. The smallest absolute Gasteiger partial charge is 0.198 e. The standard InChI is InChI=1S/C20H26BrNO4/c1-12-6-7-15(25-4)18(24)17(12)19-8-9-22(3)13(2)20(19,21)11-16(26-5)14(23)10-19/h6-7,11,13,24H,8-10H2,1-5H3. The molecule has 1 aromatic carbocycles. The van der Waals surface area contributed by atoms with Crippen molar-refractivity contribution in [2.45, 2.75) is 42.5 Å². The Morgan fingerprint density at radius 1 is 1.31 bits per heavy atom. The van der Waals surface area contributed by atoms with Gasteiger partial charge in [0.25, 0.3) is 0 Å². The van der Waals surface area contributed by atoms with Crippen LogP contribution in [0.2, 0.25) is 0 Å². The van der Waals surface area contributed by atoms with Gasteiger partial charge >= 0.3 is 0 Å². The Kier molecular flexibility index (Phi) is 4.86. The van der Waals surface area contributed by atoms with Gasteiger partial charge in [-0.25, -0.2) is 0 Å². The highest BCUT2D eigenvalue weighted by atomic mass is 79.9. The maximum absolute atomic E-state index is 12.8. The number of hydrogen-bond acceptors (Lipinski definition) is 5. The second-order valence-corrected chi connectivity index (χ2v) is 8.69. The molecule has 2 aliphatic rings. The van der Waals surface area contributed by atoms with Gasteiger partial charge in [-0.3, -0.25) is 4.79 Å². The van der Waals surface area contributed by atoms with Crippen molar-refractivity contribution in [1.29, 1.82) is 0 Å². The van der Waals surface area contributed by atoms with Gasteiger partial charge in [0.05, 0.1) is 18.5 Å². The van der Waals surface area contributed by atoms with E-state index in [1.54, 1.807) is 13.2 Å². The van der Waals surface area contributed by atoms with Gasteiger partial charge in [0.2, 0.25) is 0 Å². The van der Waals surface area contributed by atoms with Crippen molar-refractivity contribution in [3.8, 4) is 11.5 Å². The first-order valence-corrected chi connectivity index (χ1v) is 9.57. The Bertz CT molecular complexity index is 777. The van der Waals surface area contributed by atoms with Crippen molar-refractivity contribution in [1.82, 2.24) is 4.90 Å². The number of halogens is 1. The highest BCUT2D eigenvalue weighted by molar-refractivity contribution is 9.10. The molecule has 1 fully saturated rings. The van der Waals surface area contributed by atoms with Gasteiger partial charge in [-0.05, 0) is 51.6 Å². The Morgan fingerprint density at radius 2 is 2.00 bits per heavy atom. The predicted octanol–water partition coefficient (Wildman–Crippen LogP) is 3.31. The molecule has 0 aromatic heterocycles. The summed E-state index contributed by atoms with van der Waals surface area (Å²) in [6.45, 7) is 4.93. The molecule has 1 N–H and O–H groups in total. The van der Waals surface area contributed by atoms with E-state index in [0.717, 1.165) is 24.1 Å². The SMILES string of the molecule is COC1=CC2(Br)C(C)N(C)CCC2(c2c(C)ccc(OC)c2O)CC1=O. The number of methoxy groups -OCH3 is 2. The number of ketones is 1. The van der Waals surface area contributed by atoms with Crippen LogP contribution in [0.4, 0.5) is 0 Å². The first-order chi connectivity index (χ1) is 12.2. The van der Waals surface area contributed by atoms with Gasteiger partial charge in [-0.15, -0.1) is 0 Å². The number of aryl methyl sites for hydroxylation is 1. The zero-order valence-electron chi connectivity index (χ0n) is 15.9. The van der Waals surface area contributed by atoms with Crippen LogP contribution in [0.3, 0.4) is 0 Å². The minimum absolute atomic E-state index is 0.0408. The first-order valence-electron chi connectivity index (χ1n) is 8.78. The number of rotatable bonds is 3. The third-order valence-electron chi connectivity index (χ3n) is 6.24. The largest absolute Gasteiger partial charge is 0.504 e. The number of hydrogen-bond donors (Lipinski definition) is 1. The van der Waals surface area contributed by atoms with E-state index in [-0.39, 0.29) is 24.0 Å². The number of piperidine rings is 1. The van der Waals surface area contributed by atoms with E-state index in [9.17, 15) is 9.90 Å². The number of fused-ring (bicyclic) bond motifs is 1. The van der Waals surface area contributed by atoms with Crippen LogP contribution in [0, 0.1) is 6.92 Å². The van der Waals surface area contributed by atoms with Crippen LogP contribution < -0.4 is 4.74 Å². The van der Waals surface area contributed by atoms with E-state index in [1.165, 1.54) is 7.11 Å². The second-order valence-electron chi connectivity index (χ2n) is 7.38. The van der Waals surface area contributed by atoms with Gasteiger partial charge in [-0.2, -0.15) is 0 Å². The average molecular weight is 424 g/mol. The summed E-state index contributed by atoms with van der Waals surface area (Å²) in [7, 11) is 5.14. The normalized spacial score (nSPS) is 32.0. The maximum Gasteiger partial charge on any atom is 0.198 e. The fourth-order valence-corrected chi connectivity index (χ4v) is 5.70. The lowest BCUT2D eigenvalue weighted by molar-refractivity contribution is -0.121. The Morgan fingerprint density at radius 3 is 2.62 bits per heavy atom. The number of ether oxygens (including phenoxy) is 2. The molecule has 1 heterocycles. The van der Waals surface area contributed by atoms with Crippen LogP contribution in [-0.2, 0) is 14.9 Å². The predicted molar refractivity (Wildman–Crippen MR) is 104 cm³/mol. The molecule has 1 aliphatic heterocycles. The fourth-order valence-electron chi connectivity index (χ4n) is 4.61.